The van der Waals surface area contributed by atoms with Gasteiger partial charge in [-0.25, -0.2) is 4.79 Å². The summed E-state index contributed by atoms with van der Waals surface area (Å²) in [6.07, 6.45) is -4.36. The largest absolute Gasteiger partial charge is 0.477 e. The van der Waals surface area contributed by atoms with Crippen LogP contribution in [0.3, 0.4) is 0 Å². The molecule has 0 spiro atoms. The monoisotopic (exact) mass is 301 g/mol. The van der Waals surface area contributed by atoms with E-state index in [-0.39, 0.29) is 11.4 Å². The summed E-state index contributed by atoms with van der Waals surface area (Å²) >= 11 is 1.11. The molecule has 1 aromatic heterocycles. The van der Waals surface area contributed by atoms with Gasteiger partial charge in [0.05, 0.1) is 5.56 Å². The SMILES string of the molecule is O=C(O)c1sccc1CNc1ccc(C(F)(F)F)cc1. The zero-order valence-corrected chi connectivity index (χ0v) is 10.9. The fraction of sp³-hybridized carbons (Fsp3) is 0.154. The summed E-state index contributed by atoms with van der Waals surface area (Å²) < 4.78 is 37.2. The van der Waals surface area contributed by atoms with E-state index < -0.39 is 17.7 Å². The van der Waals surface area contributed by atoms with Crippen LogP contribution in [0.2, 0.25) is 0 Å². The lowest BCUT2D eigenvalue weighted by molar-refractivity contribution is -0.137. The van der Waals surface area contributed by atoms with Crippen molar-refractivity contribution in [3.8, 4) is 0 Å². The maximum absolute atomic E-state index is 12.4. The van der Waals surface area contributed by atoms with Gasteiger partial charge in [-0.2, -0.15) is 13.2 Å². The first-order valence-electron chi connectivity index (χ1n) is 5.58. The molecular weight excluding hydrogens is 291 g/mol. The Labute approximate surface area is 116 Å². The van der Waals surface area contributed by atoms with E-state index in [0.29, 0.717) is 11.3 Å². The predicted molar refractivity (Wildman–Crippen MR) is 70.0 cm³/mol. The average Bonchev–Trinajstić information content (AvgIpc) is 2.84. The molecule has 0 amide bonds. The highest BCUT2D eigenvalue weighted by Crippen LogP contribution is 2.30. The van der Waals surface area contributed by atoms with E-state index in [1.165, 1.54) is 12.1 Å². The molecule has 0 saturated heterocycles. The first-order valence-corrected chi connectivity index (χ1v) is 6.46. The summed E-state index contributed by atoms with van der Waals surface area (Å²) in [6, 6.07) is 6.26. The van der Waals surface area contributed by atoms with Crippen LogP contribution in [0.1, 0.15) is 20.8 Å². The Morgan fingerprint density at radius 2 is 1.85 bits per heavy atom. The lowest BCUT2D eigenvalue weighted by Crippen LogP contribution is -2.06. The van der Waals surface area contributed by atoms with E-state index in [9.17, 15) is 18.0 Å². The van der Waals surface area contributed by atoms with Crippen molar-refractivity contribution in [1.82, 2.24) is 0 Å². The Morgan fingerprint density at radius 3 is 2.40 bits per heavy atom. The molecule has 0 fully saturated rings. The molecule has 0 bridgehead atoms. The van der Waals surface area contributed by atoms with Crippen LogP contribution in [0.25, 0.3) is 0 Å². The lowest BCUT2D eigenvalue weighted by atomic mass is 10.2. The molecule has 0 saturated carbocycles. The van der Waals surface area contributed by atoms with E-state index in [2.05, 4.69) is 5.32 Å². The predicted octanol–water partition coefficient (Wildman–Crippen LogP) is 4.08. The fourth-order valence-corrected chi connectivity index (χ4v) is 2.40. The van der Waals surface area contributed by atoms with Crippen LogP contribution in [0, 0.1) is 0 Å². The molecule has 0 aliphatic heterocycles. The van der Waals surface area contributed by atoms with Gasteiger partial charge < -0.3 is 10.4 Å². The molecule has 0 aliphatic carbocycles. The number of halogens is 3. The van der Waals surface area contributed by atoms with E-state index in [1.54, 1.807) is 11.4 Å². The van der Waals surface area contributed by atoms with E-state index in [0.717, 1.165) is 23.5 Å². The van der Waals surface area contributed by atoms with Gasteiger partial charge in [-0.1, -0.05) is 0 Å². The molecule has 2 aromatic rings. The van der Waals surface area contributed by atoms with Crippen LogP contribution in [0.5, 0.6) is 0 Å². The molecule has 20 heavy (non-hydrogen) atoms. The van der Waals surface area contributed by atoms with Gasteiger partial charge in [-0.15, -0.1) is 11.3 Å². The van der Waals surface area contributed by atoms with Crippen molar-refractivity contribution in [3.05, 3.63) is 51.7 Å². The molecule has 2 N–H and O–H groups in total. The molecular formula is C13H10F3NO2S. The lowest BCUT2D eigenvalue weighted by Gasteiger charge is -2.09. The molecule has 0 atom stereocenters. The molecule has 3 nitrogen and oxygen atoms in total. The molecule has 0 unspecified atom stereocenters. The maximum Gasteiger partial charge on any atom is 0.416 e. The van der Waals surface area contributed by atoms with Gasteiger partial charge in [0.2, 0.25) is 0 Å². The highest BCUT2D eigenvalue weighted by atomic mass is 32.1. The minimum Gasteiger partial charge on any atom is -0.477 e. The molecule has 0 aliphatic rings. The minimum atomic E-state index is -4.36. The normalized spacial score (nSPS) is 11.3. The number of carboxylic acid groups (broad SMARTS) is 1. The van der Waals surface area contributed by atoms with Crippen LogP contribution < -0.4 is 5.32 Å². The topological polar surface area (TPSA) is 49.3 Å². The minimum absolute atomic E-state index is 0.226. The zero-order valence-electron chi connectivity index (χ0n) is 10.1. The third-order valence-corrected chi connectivity index (χ3v) is 3.58. The first-order chi connectivity index (χ1) is 9.38. The van der Waals surface area contributed by atoms with Gasteiger partial charge in [-0.3, -0.25) is 0 Å². The number of hydrogen-bond donors (Lipinski definition) is 2. The Morgan fingerprint density at radius 1 is 1.20 bits per heavy atom. The number of nitrogens with one attached hydrogen (secondary N) is 1. The number of thiophene rings is 1. The molecule has 0 radical (unpaired) electrons. The second kappa shape index (κ2) is 5.54. The van der Waals surface area contributed by atoms with Crippen LogP contribution in [0.4, 0.5) is 18.9 Å². The Kier molecular flexibility index (Phi) is 3.99. The highest BCUT2D eigenvalue weighted by Gasteiger charge is 2.29. The first kappa shape index (κ1) is 14.4. The summed E-state index contributed by atoms with van der Waals surface area (Å²) in [5, 5.41) is 13.5. The Hall–Kier alpha value is -2.02. The molecule has 2 rings (SSSR count). The Balaban J connectivity index is 2.04. The van der Waals surface area contributed by atoms with Gasteiger partial charge >= 0.3 is 12.1 Å². The maximum atomic E-state index is 12.4. The number of anilines is 1. The number of benzene rings is 1. The number of carboxylic acids is 1. The smallest absolute Gasteiger partial charge is 0.416 e. The summed E-state index contributed by atoms with van der Waals surface area (Å²) in [4.78, 5) is 11.1. The number of aromatic carboxylic acids is 1. The summed E-state index contributed by atoms with van der Waals surface area (Å²) in [7, 11) is 0. The van der Waals surface area contributed by atoms with Crippen molar-refractivity contribution in [2.24, 2.45) is 0 Å². The number of carbonyl (C=O) groups is 1. The van der Waals surface area contributed by atoms with E-state index in [4.69, 9.17) is 5.11 Å². The fourth-order valence-electron chi connectivity index (χ4n) is 1.64. The van der Waals surface area contributed by atoms with Gasteiger partial charge in [0.25, 0.3) is 0 Å². The van der Waals surface area contributed by atoms with Gasteiger partial charge in [-0.05, 0) is 41.3 Å². The zero-order chi connectivity index (χ0) is 14.8. The molecule has 1 heterocycles. The van der Waals surface area contributed by atoms with Crippen molar-refractivity contribution >= 4 is 23.0 Å². The second-order valence-corrected chi connectivity index (χ2v) is 4.92. The Bertz CT molecular complexity index is 605. The standard InChI is InChI=1S/C13H10F3NO2S/c14-13(15,16)9-1-3-10(4-2-9)17-7-8-5-6-20-11(8)12(18)19/h1-6,17H,7H2,(H,18,19). The van der Waals surface area contributed by atoms with Crippen LogP contribution >= 0.6 is 11.3 Å². The van der Waals surface area contributed by atoms with Crippen LogP contribution in [-0.4, -0.2) is 11.1 Å². The quantitative estimate of drug-likeness (QED) is 0.894. The average molecular weight is 301 g/mol. The third kappa shape index (κ3) is 3.30. The van der Waals surface area contributed by atoms with Crippen molar-refractivity contribution < 1.29 is 23.1 Å². The van der Waals surface area contributed by atoms with Gasteiger partial charge in [0.15, 0.2) is 0 Å². The number of hydrogen-bond acceptors (Lipinski definition) is 3. The summed E-state index contributed by atoms with van der Waals surface area (Å²) in [5.41, 5.74) is 0.382. The summed E-state index contributed by atoms with van der Waals surface area (Å²) in [5.74, 6) is -1.01. The molecule has 106 valence electrons. The van der Waals surface area contributed by atoms with Crippen LogP contribution in [-0.2, 0) is 12.7 Å². The van der Waals surface area contributed by atoms with Crippen molar-refractivity contribution in [2.75, 3.05) is 5.32 Å². The second-order valence-electron chi connectivity index (χ2n) is 4.01. The van der Waals surface area contributed by atoms with Crippen molar-refractivity contribution in [2.45, 2.75) is 12.7 Å². The molecule has 1 aromatic carbocycles. The van der Waals surface area contributed by atoms with E-state index >= 15 is 0 Å². The summed E-state index contributed by atoms with van der Waals surface area (Å²) in [6.45, 7) is 0.247. The highest BCUT2D eigenvalue weighted by molar-refractivity contribution is 7.12. The van der Waals surface area contributed by atoms with Crippen molar-refractivity contribution in [1.29, 1.82) is 0 Å². The van der Waals surface area contributed by atoms with Crippen LogP contribution in [0.15, 0.2) is 35.7 Å². The van der Waals surface area contributed by atoms with Crippen molar-refractivity contribution in [3.63, 3.8) is 0 Å². The number of alkyl halides is 3. The van der Waals surface area contributed by atoms with Gasteiger partial charge in [0, 0.05) is 12.2 Å². The van der Waals surface area contributed by atoms with Gasteiger partial charge in [0.1, 0.15) is 4.88 Å². The van der Waals surface area contributed by atoms with E-state index in [1.807, 2.05) is 0 Å². The third-order valence-electron chi connectivity index (χ3n) is 2.64. The number of rotatable bonds is 4. The molecule has 7 heteroatoms.